The lowest BCUT2D eigenvalue weighted by Crippen LogP contribution is -2.43. The molecule has 6 rings (SSSR count). The molecule has 0 radical (unpaired) electrons. The van der Waals surface area contributed by atoms with Crippen molar-refractivity contribution < 1.29 is 24.1 Å². The number of carbonyl (C=O) groups is 1. The van der Waals surface area contributed by atoms with Crippen molar-refractivity contribution >= 4 is 34.5 Å². The fourth-order valence-corrected chi connectivity index (χ4v) is 5.26. The number of halogens is 1. The normalized spacial score (nSPS) is 18.4. The van der Waals surface area contributed by atoms with Crippen molar-refractivity contribution in [1.82, 2.24) is 24.5 Å². The highest BCUT2D eigenvalue weighted by Gasteiger charge is 2.30. The molecular formula is C31H31ClN6O5. The predicted octanol–water partition coefficient (Wildman–Crippen LogP) is 5.70. The van der Waals surface area contributed by atoms with Gasteiger partial charge in [-0.3, -0.25) is 5.32 Å². The van der Waals surface area contributed by atoms with Gasteiger partial charge in [0.15, 0.2) is 5.65 Å². The van der Waals surface area contributed by atoms with E-state index in [1.54, 1.807) is 18.6 Å². The maximum atomic E-state index is 12.1. The third kappa shape index (κ3) is 6.80. The van der Waals surface area contributed by atoms with E-state index >= 15 is 0 Å². The Morgan fingerprint density at radius 1 is 1.14 bits per heavy atom. The van der Waals surface area contributed by atoms with Gasteiger partial charge in [-0.05, 0) is 35.7 Å². The molecule has 3 N–H and O–H groups in total. The number of ether oxygens (including phenoxy) is 3. The minimum atomic E-state index is -0.572. The van der Waals surface area contributed by atoms with Gasteiger partial charge in [0.1, 0.15) is 12.7 Å². The zero-order valence-corrected chi connectivity index (χ0v) is 24.2. The Kier molecular flexibility index (Phi) is 8.55. The number of hydrogen-bond donors (Lipinski definition) is 3. The molecular weight excluding hydrogens is 572 g/mol. The Morgan fingerprint density at radius 2 is 1.88 bits per heavy atom. The molecule has 1 aliphatic heterocycles. The van der Waals surface area contributed by atoms with E-state index in [0.29, 0.717) is 53.2 Å². The zero-order chi connectivity index (χ0) is 29.8. The lowest BCUT2D eigenvalue weighted by atomic mass is 10.0. The summed E-state index contributed by atoms with van der Waals surface area (Å²) in [5, 5.41) is 13.5. The number of aromatic nitrogens is 5. The van der Waals surface area contributed by atoms with Crippen LogP contribution in [0.1, 0.15) is 19.8 Å². The molecule has 1 aliphatic rings. The van der Waals surface area contributed by atoms with E-state index in [1.807, 2.05) is 66.2 Å². The van der Waals surface area contributed by atoms with Gasteiger partial charge < -0.3 is 28.9 Å². The Balaban J connectivity index is 1.08. The second-order valence-corrected chi connectivity index (χ2v) is 10.7. The number of nitrogens with one attached hydrogen (secondary N) is 2. The van der Waals surface area contributed by atoms with Crippen molar-refractivity contribution in [2.24, 2.45) is 0 Å². The molecule has 0 saturated carbocycles. The highest BCUT2D eigenvalue weighted by Crippen LogP contribution is 2.32. The third-order valence-corrected chi connectivity index (χ3v) is 7.57. The van der Waals surface area contributed by atoms with Crippen LogP contribution in [0.15, 0.2) is 73.3 Å². The van der Waals surface area contributed by atoms with Gasteiger partial charge in [0.25, 0.3) is 6.01 Å². The number of anilines is 1. The maximum absolute atomic E-state index is 12.1. The minimum Gasteiger partial charge on any atom is -0.459 e. The summed E-state index contributed by atoms with van der Waals surface area (Å²) in [6.07, 6.45) is 4.82. The number of aliphatic hydroxyl groups is 1. The van der Waals surface area contributed by atoms with E-state index < -0.39 is 12.2 Å². The second-order valence-electron chi connectivity index (χ2n) is 10.3. The van der Waals surface area contributed by atoms with Gasteiger partial charge >= 0.3 is 6.09 Å². The summed E-state index contributed by atoms with van der Waals surface area (Å²) in [4.78, 5) is 28.3. The molecule has 0 spiro atoms. The van der Waals surface area contributed by atoms with Crippen LogP contribution in [0.5, 0.6) is 6.01 Å². The van der Waals surface area contributed by atoms with Gasteiger partial charge in [-0.1, -0.05) is 54.9 Å². The van der Waals surface area contributed by atoms with Crippen molar-refractivity contribution in [2.75, 3.05) is 18.5 Å². The quantitative estimate of drug-likeness (QED) is 0.195. The molecule has 1 amide bonds. The first kappa shape index (κ1) is 28.7. The Hall–Kier alpha value is -4.45. The van der Waals surface area contributed by atoms with Crippen molar-refractivity contribution in [3.63, 3.8) is 0 Å². The van der Waals surface area contributed by atoms with Crippen LogP contribution in [0.25, 0.3) is 33.5 Å². The Bertz CT molecular complexity index is 1670. The zero-order valence-electron chi connectivity index (χ0n) is 23.4. The maximum Gasteiger partial charge on any atom is 0.411 e. The average molecular weight is 603 g/mol. The topological polar surface area (TPSA) is 136 Å². The molecule has 222 valence electrons. The highest BCUT2D eigenvalue weighted by molar-refractivity contribution is 6.33. The van der Waals surface area contributed by atoms with E-state index in [4.69, 9.17) is 25.8 Å². The van der Waals surface area contributed by atoms with Crippen molar-refractivity contribution in [3.05, 3.63) is 78.3 Å². The Labute approximate surface area is 252 Å². The molecule has 3 aromatic heterocycles. The number of fused-ring (bicyclic) bond motifs is 1. The predicted molar refractivity (Wildman–Crippen MR) is 162 cm³/mol. The lowest BCUT2D eigenvalue weighted by molar-refractivity contribution is -0.118. The fourth-order valence-electron chi connectivity index (χ4n) is 5.00. The first-order valence-corrected chi connectivity index (χ1v) is 14.5. The van der Waals surface area contributed by atoms with Crippen LogP contribution < -0.4 is 10.1 Å². The average Bonchev–Trinajstić information content (AvgIpc) is 3.67. The molecule has 12 heteroatoms. The summed E-state index contributed by atoms with van der Waals surface area (Å²) in [6.45, 7) is 3.15. The van der Waals surface area contributed by atoms with E-state index in [2.05, 4.69) is 25.3 Å². The number of H-pyrrole nitrogens is 1. The molecule has 1 saturated heterocycles. The van der Waals surface area contributed by atoms with E-state index in [1.165, 1.54) is 0 Å². The highest BCUT2D eigenvalue weighted by atomic mass is 35.5. The molecule has 3 atom stereocenters. The first-order valence-electron chi connectivity index (χ1n) is 14.1. The number of hydrogen-bond acceptors (Lipinski definition) is 8. The molecule has 0 unspecified atom stereocenters. The van der Waals surface area contributed by atoms with Gasteiger partial charge in [0.2, 0.25) is 0 Å². The van der Waals surface area contributed by atoms with Gasteiger partial charge in [-0.15, -0.1) is 0 Å². The number of benzene rings is 2. The van der Waals surface area contributed by atoms with Crippen LogP contribution in [-0.2, 0) is 16.0 Å². The number of carbonyl (C=O) groups excluding carboxylic acids is 1. The summed E-state index contributed by atoms with van der Waals surface area (Å²) >= 11 is 6.61. The second kappa shape index (κ2) is 12.8. The third-order valence-electron chi connectivity index (χ3n) is 7.28. The molecule has 1 fully saturated rings. The number of aliphatic hydroxyl groups excluding tert-OH is 1. The molecule has 0 aliphatic carbocycles. The number of nitrogens with zero attached hydrogens (tertiary/aromatic N) is 4. The number of pyridine rings is 1. The monoisotopic (exact) mass is 602 g/mol. The van der Waals surface area contributed by atoms with Crippen molar-refractivity contribution in [3.8, 4) is 28.4 Å². The summed E-state index contributed by atoms with van der Waals surface area (Å²) in [5.74, 6) is 0. The smallest absolute Gasteiger partial charge is 0.411 e. The largest absolute Gasteiger partial charge is 0.459 e. The molecule has 11 nitrogen and oxygen atoms in total. The van der Waals surface area contributed by atoms with Crippen molar-refractivity contribution in [2.45, 2.75) is 44.6 Å². The van der Waals surface area contributed by atoms with E-state index in [-0.39, 0.29) is 18.8 Å². The minimum absolute atomic E-state index is 0.165. The van der Waals surface area contributed by atoms with Gasteiger partial charge in [0.05, 0.1) is 47.9 Å². The van der Waals surface area contributed by atoms with Crippen molar-refractivity contribution in [1.29, 1.82) is 0 Å². The Morgan fingerprint density at radius 3 is 2.58 bits per heavy atom. The standard InChI is InChI=1S/C31H31ClN6O5/c1-2-27-26(39)15-23(17-42-27)43-30-35-25-16-24(32)28(36-29(25)37-30)21-5-3-19(4-6-21)20-7-9-22(10-8-20)34-31(40)41-14-13-38-12-11-33-18-38/h3-12,16,18,23,26-27,39H,2,13-15,17H2,1H3,(H,34,40)(H,35,36,37)/t23-,26+,27-/m1/s1. The summed E-state index contributed by atoms with van der Waals surface area (Å²) in [6, 6.07) is 17.5. The summed E-state index contributed by atoms with van der Waals surface area (Å²) < 4.78 is 18.7. The first-order chi connectivity index (χ1) is 20.9. The van der Waals surface area contributed by atoms with Gasteiger partial charge in [0, 0.05) is 30.1 Å². The van der Waals surface area contributed by atoms with E-state index in [0.717, 1.165) is 23.1 Å². The molecule has 0 bridgehead atoms. The number of imidazole rings is 2. The lowest BCUT2D eigenvalue weighted by Gasteiger charge is -2.32. The SMILES string of the molecule is CC[C@H]1OC[C@H](Oc2nc3nc(-c4ccc(-c5ccc(NC(=O)OCCn6ccnc6)cc5)cc4)c(Cl)cc3[nH]2)C[C@@H]1O. The van der Waals surface area contributed by atoms with Crippen LogP contribution in [0.4, 0.5) is 10.5 Å². The number of aromatic amines is 1. The summed E-state index contributed by atoms with van der Waals surface area (Å²) in [5.41, 5.74) is 5.19. The van der Waals surface area contributed by atoms with Gasteiger partial charge in [-0.25, -0.2) is 14.8 Å². The van der Waals surface area contributed by atoms with Gasteiger partial charge in [-0.2, -0.15) is 4.98 Å². The number of rotatable bonds is 9. The van der Waals surface area contributed by atoms with Crippen LogP contribution in [0, 0.1) is 0 Å². The number of amides is 1. The molecule has 43 heavy (non-hydrogen) atoms. The molecule has 4 heterocycles. The van der Waals surface area contributed by atoms with Crippen LogP contribution >= 0.6 is 11.6 Å². The fraction of sp³-hybridized carbons (Fsp3) is 0.290. The van der Waals surface area contributed by atoms with E-state index in [9.17, 15) is 9.90 Å². The molecule has 5 aromatic rings. The van der Waals surface area contributed by atoms with Crippen LogP contribution in [0.2, 0.25) is 5.02 Å². The summed E-state index contributed by atoms with van der Waals surface area (Å²) in [7, 11) is 0. The van der Waals surface area contributed by atoms with Crippen LogP contribution in [0.3, 0.4) is 0 Å². The van der Waals surface area contributed by atoms with Crippen LogP contribution in [-0.4, -0.2) is 67.2 Å². The molecule has 2 aromatic carbocycles.